The zero-order valence-corrected chi connectivity index (χ0v) is 18.1. The maximum absolute atomic E-state index is 13.9. The Bertz CT molecular complexity index is 772. The first-order chi connectivity index (χ1) is 14.8. The van der Waals surface area contributed by atoms with Gasteiger partial charge in [-0.25, -0.2) is 4.39 Å². The lowest BCUT2D eigenvalue weighted by Crippen LogP contribution is -2.22. The van der Waals surface area contributed by atoms with Crippen molar-refractivity contribution in [2.45, 2.75) is 56.8 Å². The lowest BCUT2D eigenvalue weighted by atomic mass is 9.86. The summed E-state index contributed by atoms with van der Waals surface area (Å²) in [5.41, 5.74) is 0. The first-order valence-corrected chi connectivity index (χ1v) is 11.2. The number of aliphatic hydroxyl groups excluding tert-OH is 2. The highest BCUT2D eigenvalue weighted by Crippen LogP contribution is 2.42. The van der Waals surface area contributed by atoms with Crippen molar-refractivity contribution in [1.29, 1.82) is 0 Å². The predicted octanol–water partition coefficient (Wildman–Crippen LogP) is 3.82. The number of fused-ring (bicyclic) bond motifs is 1. The van der Waals surface area contributed by atoms with Gasteiger partial charge in [0.25, 0.3) is 0 Å². The van der Waals surface area contributed by atoms with Gasteiger partial charge in [0.15, 0.2) is 11.6 Å². The van der Waals surface area contributed by atoms with Gasteiger partial charge < -0.3 is 24.8 Å². The van der Waals surface area contributed by atoms with Crippen LogP contribution in [0.5, 0.6) is 5.75 Å². The van der Waals surface area contributed by atoms with E-state index in [-0.39, 0.29) is 41.7 Å². The number of carbonyl (C=O) groups is 1. The Morgan fingerprint density at radius 3 is 2.97 bits per heavy atom. The molecule has 1 aliphatic carbocycles. The fourth-order valence-electron chi connectivity index (χ4n) is 4.57. The van der Waals surface area contributed by atoms with Crippen LogP contribution < -0.4 is 4.74 Å². The third-order valence-electron chi connectivity index (χ3n) is 6.23. The molecule has 1 saturated carbocycles. The summed E-state index contributed by atoms with van der Waals surface area (Å²) in [4.78, 5) is 10.7. The second kappa shape index (κ2) is 11.3. The third kappa shape index (κ3) is 6.65. The van der Waals surface area contributed by atoms with Crippen molar-refractivity contribution in [3.05, 3.63) is 41.2 Å². The van der Waals surface area contributed by atoms with E-state index in [0.717, 1.165) is 19.3 Å². The van der Waals surface area contributed by atoms with E-state index >= 15 is 0 Å². The van der Waals surface area contributed by atoms with Crippen molar-refractivity contribution in [3.8, 4) is 5.75 Å². The van der Waals surface area contributed by atoms with Crippen LogP contribution in [-0.4, -0.2) is 52.8 Å². The predicted molar refractivity (Wildman–Crippen MR) is 114 cm³/mol. The highest BCUT2D eigenvalue weighted by atomic mass is 35.5. The number of rotatable bonds is 9. The second-order valence-corrected chi connectivity index (χ2v) is 8.87. The van der Waals surface area contributed by atoms with Crippen molar-refractivity contribution in [2.24, 2.45) is 17.8 Å². The molecule has 1 aromatic rings. The zero-order chi connectivity index (χ0) is 22.4. The monoisotopic (exact) mass is 456 g/mol. The van der Waals surface area contributed by atoms with Crippen LogP contribution in [0, 0.1) is 23.6 Å². The highest BCUT2D eigenvalue weighted by molar-refractivity contribution is 6.30. The van der Waals surface area contributed by atoms with Crippen LogP contribution in [0.25, 0.3) is 0 Å². The molecule has 1 aromatic carbocycles. The number of carboxylic acids is 1. The molecule has 31 heavy (non-hydrogen) atoms. The third-order valence-corrected chi connectivity index (χ3v) is 6.52. The van der Waals surface area contributed by atoms with Crippen LogP contribution in [-0.2, 0) is 9.53 Å². The van der Waals surface area contributed by atoms with Crippen molar-refractivity contribution >= 4 is 17.6 Å². The molecule has 0 bridgehead atoms. The Balaban J connectivity index is 1.51. The number of carboxylic acid groups (broad SMARTS) is 1. The van der Waals surface area contributed by atoms with Crippen molar-refractivity contribution in [3.63, 3.8) is 0 Å². The topological polar surface area (TPSA) is 96.2 Å². The fraction of sp³-hybridized carbons (Fsp3) is 0.609. The van der Waals surface area contributed by atoms with Crippen molar-refractivity contribution < 1.29 is 34.0 Å². The summed E-state index contributed by atoms with van der Waals surface area (Å²) >= 11 is 5.73. The first kappa shape index (κ1) is 24.0. The normalized spacial score (nSPS) is 29.5. The van der Waals surface area contributed by atoms with Crippen LogP contribution in [0.15, 0.2) is 30.4 Å². The smallest absolute Gasteiger partial charge is 0.303 e. The number of hydrogen-bond acceptors (Lipinski definition) is 5. The van der Waals surface area contributed by atoms with E-state index in [4.69, 9.17) is 26.2 Å². The number of halogens is 2. The summed E-state index contributed by atoms with van der Waals surface area (Å²) in [6.45, 7) is 0.457. The summed E-state index contributed by atoms with van der Waals surface area (Å²) in [6.07, 6.45) is 5.84. The molecular weight excluding hydrogens is 427 g/mol. The Hall–Kier alpha value is -1.67. The minimum absolute atomic E-state index is 0.0213. The van der Waals surface area contributed by atoms with E-state index < -0.39 is 24.0 Å². The van der Waals surface area contributed by atoms with Crippen LogP contribution in [0.2, 0.25) is 5.02 Å². The minimum atomic E-state index is -0.958. The molecule has 6 nitrogen and oxygen atoms in total. The lowest BCUT2D eigenvalue weighted by Gasteiger charge is -2.21. The summed E-state index contributed by atoms with van der Waals surface area (Å²) < 4.78 is 25.3. The molecule has 3 N–H and O–H groups in total. The molecule has 1 aliphatic heterocycles. The maximum atomic E-state index is 13.9. The first-order valence-electron chi connectivity index (χ1n) is 10.8. The van der Waals surface area contributed by atoms with E-state index in [1.807, 2.05) is 6.08 Å². The Morgan fingerprint density at radius 2 is 2.19 bits per heavy atom. The molecule has 1 heterocycles. The van der Waals surface area contributed by atoms with Gasteiger partial charge in [-0.3, -0.25) is 4.79 Å². The van der Waals surface area contributed by atoms with Crippen LogP contribution >= 0.6 is 11.6 Å². The minimum Gasteiger partial charge on any atom is -0.487 e. The molecule has 0 amide bonds. The highest BCUT2D eigenvalue weighted by Gasteiger charge is 2.43. The molecular formula is C23H30ClFO6. The van der Waals surface area contributed by atoms with Gasteiger partial charge in [-0.15, -0.1) is 0 Å². The van der Waals surface area contributed by atoms with Gasteiger partial charge in [-0.05, 0) is 49.7 Å². The molecule has 0 radical (unpaired) electrons. The molecule has 8 heteroatoms. The van der Waals surface area contributed by atoms with E-state index in [2.05, 4.69) is 0 Å². The van der Waals surface area contributed by atoms with E-state index in [0.29, 0.717) is 25.4 Å². The molecule has 6 atom stereocenters. The van der Waals surface area contributed by atoms with E-state index in [1.165, 1.54) is 12.1 Å². The average molecular weight is 457 g/mol. The van der Waals surface area contributed by atoms with Gasteiger partial charge in [-0.1, -0.05) is 29.8 Å². The molecule has 0 spiro atoms. The molecule has 2 aliphatic rings. The maximum Gasteiger partial charge on any atom is 0.303 e. The fourth-order valence-corrected chi connectivity index (χ4v) is 4.73. The molecule has 172 valence electrons. The molecule has 2 fully saturated rings. The van der Waals surface area contributed by atoms with Gasteiger partial charge in [0, 0.05) is 25.4 Å². The zero-order valence-electron chi connectivity index (χ0n) is 17.3. The van der Waals surface area contributed by atoms with Gasteiger partial charge >= 0.3 is 5.97 Å². The van der Waals surface area contributed by atoms with Gasteiger partial charge in [0.2, 0.25) is 0 Å². The van der Waals surface area contributed by atoms with Crippen LogP contribution in [0.1, 0.15) is 38.5 Å². The Morgan fingerprint density at radius 1 is 1.39 bits per heavy atom. The lowest BCUT2D eigenvalue weighted by molar-refractivity contribution is -0.137. The Labute approximate surface area is 186 Å². The summed E-state index contributed by atoms with van der Waals surface area (Å²) in [5.74, 6) is -1.12. The average Bonchev–Trinajstić information content (AvgIpc) is 2.89. The summed E-state index contributed by atoms with van der Waals surface area (Å²) in [6, 6.07) is 4.43. The number of ether oxygens (including phenoxy) is 2. The SMILES string of the molecule is O=C(O)CCC[C@H]1CC[C@@H]2[C@@H](C=C[C@@H](O)COc3cccc(Cl)c3F)[C@H](O)C[C@@H]2OC1. The van der Waals surface area contributed by atoms with Crippen molar-refractivity contribution in [2.75, 3.05) is 13.2 Å². The standard InChI is InChI=1S/C23H30ClFO6/c24-18-4-2-5-20(23(18)25)31-13-15(26)8-10-16-17-9-7-14(3-1-6-22(28)29)12-30-21(17)11-19(16)27/h2,4-5,8,10,14-17,19,21,26-27H,1,3,6-7,9,11-13H2,(H,28,29)/t14-,15+,16+,17+,19+,21-/m0/s1. The number of hydrogen-bond donors (Lipinski definition) is 3. The van der Waals surface area contributed by atoms with Gasteiger partial charge in [-0.2, -0.15) is 0 Å². The van der Waals surface area contributed by atoms with E-state index in [1.54, 1.807) is 12.1 Å². The Kier molecular flexibility index (Phi) is 8.72. The quantitative estimate of drug-likeness (QED) is 0.489. The molecule has 1 saturated heterocycles. The number of aliphatic carboxylic acids is 1. The number of aliphatic hydroxyl groups is 2. The molecule has 0 aromatic heterocycles. The van der Waals surface area contributed by atoms with E-state index in [9.17, 15) is 19.4 Å². The van der Waals surface area contributed by atoms with Crippen LogP contribution in [0.3, 0.4) is 0 Å². The number of benzene rings is 1. The second-order valence-electron chi connectivity index (χ2n) is 8.46. The van der Waals surface area contributed by atoms with Gasteiger partial charge in [0.05, 0.1) is 17.2 Å². The van der Waals surface area contributed by atoms with Gasteiger partial charge in [0.1, 0.15) is 12.7 Å². The molecule has 0 unspecified atom stereocenters. The molecule has 3 rings (SSSR count). The summed E-state index contributed by atoms with van der Waals surface area (Å²) in [5, 5.41) is 29.5. The largest absolute Gasteiger partial charge is 0.487 e. The van der Waals surface area contributed by atoms with Crippen molar-refractivity contribution in [1.82, 2.24) is 0 Å². The summed E-state index contributed by atoms with van der Waals surface area (Å²) in [7, 11) is 0. The van der Waals surface area contributed by atoms with Crippen LogP contribution in [0.4, 0.5) is 4.39 Å².